The van der Waals surface area contributed by atoms with Crippen LogP contribution in [-0.2, 0) is 6.54 Å². The Hall–Kier alpha value is -1.09. The van der Waals surface area contributed by atoms with E-state index >= 15 is 0 Å². The van der Waals surface area contributed by atoms with Crippen LogP contribution < -0.4 is 0 Å². The van der Waals surface area contributed by atoms with Gasteiger partial charge in [0, 0.05) is 12.7 Å². The maximum Gasteiger partial charge on any atom is 0.160 e. The summed E-state index contributed by atoms with van der Waals surface area (Å²) in [4.78, 5) is 9.14. The van der Waals surface area contributed by atoms with Gasteiger partial charge in [-0.15, -0.1) is 11.6 Å². The highest BCUT2D eigenvalue weighted by Crippen LogP contribution is 2.26. The minimum absolute atomic E-state index is 0.0899. The van der Waals surface area contributed by atoms with Crippen molar-refractivity contribution in [2.75, 3.05) is 0 Å². The Kier molecular flexibility index (Phi) is 5.41. The van der Waals surface area contributed by atoms with Crippen molar-refractivity contribution in [1.82, 2.24) is 14.5 Å². The van der Waals surface area contributed by atoms with E-state index in [0.717, 1.165) is 23.5 Å². The summed E-state index contributed by atoms with van der Waals surface area (Å²) in [5, 5.41) is -0.0899. The molecule has 2 rings (SSSR count). The third-order valence-electron chi connectivity index (χ3n) is 3.87. The average molecular weight is 294 g/mol. The SMILES string of the molecule is CCCCC(CC)Cn1c(C(C)Cl)nc2cccnc21. The molecule has 0 saturated heterocycles. The summed E-state index contributed by atoms with van der Waals surface area (Å²) < 4.78 is 2.22. The quantitative estimate of drug-likeness (QED) is 0.676. The van der Waals surface area contributed by atoms with Gasteiger partial charge in [0.05, 0.1) is 5.38 Å². The van der Waals surface area contributed by atoms with Crippen molar-refractivity contribution in [3.8, 4) is 0 Å². The van der Waals surface area contributed by atoms with Gasteiger partial charge >= 0.3 is 0 Å². The van der Waals surface area contributed by atoms with Crippen molar-refractivity contribution in [1.29, 1.82) is 0 Å². The van der Waals surface area contributed by atoms with Crippen molar-refractivity contribution in [3.05, 3.63) is 24.2 Å². The van der Waals surface area contributed by atoms with Crippen LogP contribution in [-0.4, -0.2) is 14.5 Å². The molecule has 2 unspecified atom stereocenters. The number of unbranched alkanes of at least 4 members (excludes halogenated alkanes) is 1. The summed E-state index contributed by atoms with van der Waals surface area (Å²) in [7, 11) is 0. The minimum atomic E-state index is -0.0899. The summed E-state index contributed by atoms with van der Waals surface area (Å²) in [6, 6.07) is 3.94. The van der Waals surface area contributed by atoms with E-state index in [1.54, 1.807) is 0 Å². The largest absolute Gasteiger partial charge is 0.311 e. The van der Waals surface area contributed by atoms with Gasteiger partial charge in [-0.2, -0.15) is 0 Å². The summed E-state index contributed by atoms with van der Waals surface area (Å²) >= 11 is 6.30. The van der Waals surface area contributed by atoms with Gasteiger partial charge in [-0.25, -0.2) is 9.97 Å². The highest BCUT2D eigenvalue weighted by atomic mass is 35.5. The summed E-state index contributed by atoms with van der Waals surface area (Å²) in [5.41, 5.74) is 1.91. The molecule has 2 aromatic rings. The van der Waals surface area contributed by atoms with Crippen LogP contribution in [0.15, 0.2) is 18.3 Å². The molecule has 2 aromatic heterocycles. The van der Waals surface area contributed by atoms with Gasteiger partial charge in [0.15, 0.2) is 5.65 Å². The van der Waals surface area contributed by atoms with Gasteiger partial charge in [-0.05, 0) is 31.4 Å². The van der Waals surface area contributed by atoms with Crippen LogP contribution in [0.3, 0.4) is 0 Å². The predicted molar refractivity (Wildman–Crippen MR) is 85.1 cm³/mol. The van der Waals surface area contributed by atoms with E-state index in [1.165, 1.54) is 25.7 Å². The van der Waals surface area contributed by atoms with Gasteiger partial charge in [0.1, 0.15) is 11.3 Å². The van der Waals surface area contributed by atoms with Crippen LogP contribution in [0.25, 0.3) is 11.2 Å². The first-order chi connectivity index (χ1) is 9.67. The third kappa shape index (κ3) is 3.32. The number of halogens is 1. The maximum absolute atomic E-state index is 6.30. The van der Waals surface area contributed by atoms with Gasteiger partial charge in [-0.3, -0.25) is 0 Å². The van der Waals surface area contributed by atoms with Crippen molar-refractivity contribution in [2.24, 2.45) is 5.92 Å². The second-order valence-corrected chi connectivity index (χ2v) is 6.11. The second-order valence-electron chi connectivity index (χ2n) is 5.46. The van der Waals surface area contributed by atoms with E-state index in [-0.39, 0.29) is 5.38 Å². The first-order valence-corrected chi connectivity index (χ1v) is 8.06. The fraction of sp³-hybridized carbons (Fsp3) is 0.625. The Balaban J connectivity index is 2.33. The summed E-state index contributed by atoms with van der Waals surface area (Å²) in [5.74, 6) is 1.61. The number of nitrogens with zero attached hydrogens (tertiary/aromatic N) is 3. The fourth-order valence-corrected chi connectivity index (χ4v) is 2.80. The van der Waals surface area contributed by atoms with E-state index in [1.807, 2.05) is 25.3 Å². The van der Waals surface area contributed by atoms with E-state index in [0.29, 0.717) is 5.92 Å². The molecule has 0 aliphatic heterocycles. The molecule has 0 radical (unpaired) electrons. The Morgan fingerprint density at radius 1 is 1.35 bits per heavy atom. The van der Waals surface area contributed by atoms with Crippen molar-refractivity contribution >= 4 is 22.8 Å². The Morgan fingerprint density at radius 3 is 2.80 bits per heavy atom. The number of hydrogen-bond acceptors (Lipinski definition) is 2. The fourth-order valence-electron chi connectivity index (χ4n) is 2.64. The molecule has 0 saturated carbocycles. The Morgan fingerprint density at radius 2 is 2.15 bits per heavy atom. The number of pyridine rings is 1. The van der Waals surface area contributed by atoms with E-state index in [4.69, 9.17) is 11.6 Å². The first kappa shape index (κ1) is 15.3. The molecule has 4 heteroatoms. The van der Waals surface area contributed by atoms with E-state index in [9.17, 15) is 0 Å². The van der Waals surface area contributed by atoms with Crippen LogP contribution in [0.4, 0.5) is 0 Å². The van der Waals surface area contributed by atoms with Gasteiger partial charge in [0.2, 0.25) is 0 Å². The van der Waals surface area contributed by atoms with Crippen LogP contribution in [0.2, 0.25) is 0 Å². The topological polar surface area (TPSA) is 30.7 Å². The normalized spacial score (nSPS) is 14.6. The number of imidazole rings is 1. The molecule has 2 atom stereocenters. The predicted octanol–water partition coefficient (Wildman–Crippen LogP) is 4.95. The number of rotatable bonds is 7. The van der Waals surface area contributed by atoms with E-state index < -0.39 is 0 Å². The number of alkyl halides is 1. The molecular weight excluding hydrogens is 270 g/mol. The van der Waals surface area contributed by atoms with Crippen LogP contribution >= 0.6 is 11.6 Å². The third-order valence-corrected chi connectivity index (χ3v) is 4.07. The zero-order valence-corrected chi connectivity index (χ0v) is 13.4. The molecule has 20 heavy (non-hydrogen) atoms. The summed E-state index contributed by atoms with van der Waals surface area (Å²) in [6.45, 7) is 7.45. The molecule has 3 nitrogen and oxygen atoms in total. The van der Waals surface area contributed by atoms with Crippen LogP contribution in [0, 0.1) is 5.92 Å². The molecule has 2 heterocycles. The lowest BCUT2D eigenvalue weighted by atomic mass is 9.99. The average Bonchev–Trinajstić information content (AvgIpc) is 2.82. The van der Waals surface area contributed by atoms with Gasteiger partial charge < -0.3 is 4.57 Å². The number of aromatic nitrogens is 3. The molecule has 0 N–H and O–H groups in total. The summed E-state index contributed by atoms with van der Waals surface area (Å²) in [6.07, 6.45) is 6.80. The smallest absolute Gasteiger partial charge is 0.160 e. The molecule has 0 aliphatic rings. The lowest BCUT2D eigenvalue weighted by molar-refractivity contribution is 0.388. The molecule has 110 valence electrons. The monoisotopic (exact) mass is 293 g/mol. The second kappa shape index (κ2) is 7.07. The standard InChI is InChI=1S/C16H24ClN3/c1-4-6-8-13(5-2)11-20-15(12(3)17)19-14-9-7-10-18-16(14)20/h7,9-10,12-13H,4-6,8,11H2,1-3H3. The Bertz CT molecular complexity index is 548. The molecule has 0 aliphatic carbocycles. The Labute approximate surface area is 126 Å². The van der Waals surface area contributed by atoms with Crippen molar-refractivity contribution in [2.45, 2.75) is 58.4 Å². The highest BCUT2D eigenvalue weighted by molar-refractivity contribution is 6.20. The van der Waals surface area contributed by atoms with Crippen molar-refractivity contribution < 1.29 is 0 Å². The van der Waals surface area contributed by atoms with Crippen LogP contribution in [0.1, 0.15) is 57.7 Å². The lowest BCUT2D eigenvalue weighted by Gasteiger charge is -2.18. The molecule has 0 bridgehead atoms. The van der Waals surface area contributed by atoms with Gasteiger partial charge in [0.25, 0.3) is 0 Å². The van der Waals surface area contributed by atoms with Crippen molar-refractivity contribution in [3.63, 3.8) is 0 Å². The van der Waals surface area contributed by atoms with E-state index in [2.05, 4.69) is 28.4 Å². The molecule has 0 fully saturated rings. The molecule has 0 aromatic carbocycles. The lowest BCUT2D eigenvalue weighted by Crippen LogP contribution is -2.13. The number of fused-ring (bicyclic) bond motifs is 1. The maximum atomic E-state index is 6.30. The highest BCUT2D eigenvalue weighted by Gasteiger charge is 2.18. The molecular formula is C16H24ClN3. The number of hydrogen-bond donors (Lipinski definition) is 0. The van der Waals surface area contributed by atoms with Crippen LogP contribution in [0.5, 0.6) is 0 Å². The zero-order chi connectivity index (χ0) is 14.5. The molecule has 0 spiro atoms. The minimum Gasteiger partial charge on any atom is -0.311 e. The first-order valence-electron chi connectivity index (χ1n) is 7.62. The van der Waals surface area contributed by atoms with Gasteiger partial charge in [-0.1, -0.05) is 33.1 Å². The molecule has 0 amide bonds. The zero-order valence-electron chi connectivity index (χ0n) is 12.6.